The Balaban J connectivity index is 2.20. The maximum absolute atomic E-state index is 11.4. The van der Waals surface area contributed by atoms with Crippen LogP contribution >= 0.6 is 0 Å². The molecule has 0 aromatic heterocycles. The summed E-state index contributed by atoms with van der Waals surface area (Å²) in [7, 11) is 0. The number of aliphatic hydroxyl groups is 1. The molecule has 0 aliphatic heterocycles. The molecule has 3 nitrogen and oxygen atoms in total. The fourth-order valence-corrected chi connectivity index (χ4v) is 2.84. The van der Waals surface area contributed by atoms with E-state index in [1.54, 1.807) is 0 Å². The summed E-state index contributed by atoms with van der Waals surface area (Å²) in [5.41, 5.74) is -0.523. The normalized spacial score (nSPS) is 40.6. The standard InChI is InChI=1S/C11H18O3/c1-10(6-7-10)11(9(13)14)4-2-8(12)3-5-11/h8,12H,2-7H2,1H3,(H,13,14). The van der Waals surface area contributed by atoms with Crippen molar-refractivity contribution in [1.29, 1.82) is 0 Å². The number of rotatable bonds is 2. The van der Waals surface area contributed by atoms with Crippen LogP contribution in [0.15, 0.2) is 0 Å². The zero-order chi connectivity index (χ0) is 10.4. The Bertz CT molecular complexity index is 247. The van der Waals surface area contributed by atoms with E-state index in [1.807, 2.05) is 0 Å². The van der Waals surface area contributed by atoms with E-state index in [9.17, 15) is 15.0 Å². The Hall–Kier alpha value is -0.570. The first-order valence-corrected chi connectivity index (χ1v) is 5.42. The molecule has 2 saturated carbocycles. The van der Waals surface area contributed by atoms with E-state index in [-0.39, 0.29) is 11.5 Å². The van der Waals surface area contributed by atoms with E-state index in [0.717, 1.165) is 12.8 Å². The lowest BCUT2D eigenvalue weighted by Gasteiger charge is -2.40. The van der Waals surface area contributed by atoms with Crippen LogP contribution in [0.5, 0.6) is 0 Å². The van der Waals surface area contributed by atoms with E-state index >= 15 is 0 Å². The van der Waals surface area contributed by atoms with Crippen LogP contribution in [0.25, 0.3) is 0 Å². The van der Waals surface area contributed by atoms with E-state index in [2.05, 4.69) is 6.92 Å². The first-order chi connectivity index (χ1) is 6.50. The fourth-order valence-electron chi connectivity index (χ4n) is 2.84. The van der Waals surface area contributed by atoms with E-state index in [1.165, 1.54) is 0 Å². The van der Waals surface area contributed by atoms with Gasteiger partial charge in [0.15, 0.2) is 0 Å². The zero-order valence-corrected chi connectivity index (χ0v) is 8.62. The Labute approximate surface area is 84.1 Å². The molecule has 0 heterocycles. The second kappa shape index (κ2) is 2.96. The molecule has 0 bridgehead atoms. The highest BCUT2D eigenvalue weighted by Gasteiger charge is 2.60. The Morgan fingerprint density at radius 1 is 1.21 bits per heavy atom. The number of carboxylic acid groups (broad SMARTS) is 1. The fraction of sp³-hybridized carbons (Fsp3) is 0.909. The lowest BCUT2D eigenvalue weighted by atomic mass is 9.64. The summed E-state index contributed by atoms with van der Waals surface area (Å²) in [4.78, 5) is 11.4. The number of carboxylic acids is 1. The number of hydrogen-bond acceptors (Lipinski definition) is 2. The van der Waals surface area contributed by atoms with Crippen LogP contribution in [-0.4, -0.2) is 22.3 Å². The van der Waals surface area contributed by atoms with Gasteiger partial charge in [-0.2, -0.15) is 0 Å². The summed E-state index contributed by atoms with van der Waals surface area (Å²) in [6.45, 7) is 2.08. The van der Waals surface area contributed by atoms with Gasteiger partial charge in [-0.25, -0.2) is 0 Å². The van der Waals surface area contributed by atoms with E-state index < -0.39 is 11.4 Å². The zero-order valence-electron chi connectivity index (χ0n) is 8.62. The average Bonchev–Trinajstić information content (AvgIpc) is 2.86. The minimum absolute atomic E-state index is 0.0129. The van der Waals surface area contributed by atoms with Crippen LogP contribution in [0.4, 0.5) is 0 Å². The maximum Gasteiger partial charge on any atom is 0.310 e. The summed E-state index contributed by atoms with van der Waals surface area (Å²) in [6, 6.07) is 0. The minimum Gasteiger partial charge on any atom is -0.481 e. The molecular formula is C11H18O3. The van der Waals surface area contributed by atoms with Crippen LogP contribution in [0.2, 0.25) is 0 Å². The molecule has 0 aromatic rings. The Kier molecular flexibility index (Phi) is 2.11. The average molecular weight is 198 g/mol. The van der Waals surface area contributed by atoms with E-state index in [0.29, 0.717) is 25.7 Å². The summed E-state index contributed by atoms with van der Waals surface area (Å²) < 4.78 is 0. The van der Waals surface area contributed by atoms with E-state index in [4.69, 9.17) is 0 Å². The number of aliphatic hydroxyl groups excluding tert-OH is 1. The van der Waals surface area contributed by atoms with Crippen molar-refractivity contribution in [3.8, 4) is 0 Å². The molecule has 0 aromatic carbocycles. The number of carbonyl (C=O) groups is 1. The van der Waals surface area contributed by atoms with Gasteiger partial charge in [-0.05, 0) is 43.9 Å². The third-order valence-electron chi connectivity index (χ3n) is 4.37. The second-order valence-corrected chi connectivity index (χ2v) is 5.18. The van der Waals surface area contributed by atoms with Gasteiger partial charge in [0.05, 0.1) is 11.5 Å². The molecule has 2 fully saturated rings. The maximum atomic E-state index is 11.4. The molecule has 14 heavy (non-hydrogen) atoms. The highest BCUT2D eigenvalue weighted by atomic mass is 16.4. The highest BCUT2D eigenvalue weighted by Crippen LogP contribution is 2.63. The first-order valence-electron chi connectivity index (χ1n) is 5.42. The summed E-state index contributed by atoms with van der Waals surface area (Å²) in [5.74, 6) is -0.649. The highest BCUT2D eigenvalue weighted by molar-refractivity contribution is 5.76. The number of aliphatic carboxylic acids is 1. The molecule has 0 amide bonds. The van der Waals surface area contributed by atoms with Gasteiger partial charge in [-0.3, -0.25) is 4.79 Å². The number of hydrogen-bond donors (Lipinski definition) is 2. The SMILES string of the molecule is CC1(C2(C(=O)O)CCC(O)CC2)CC1. The predicted molar refractivity (Wildman–Crippen MR) is 51.9 cm³/mol. The topological polar surface area (TPSA) is 57.5 Å². The van der Waals surface area contributed by atoms with Gasteiger partial charge in [-0.1, -0.05) is 6.92 Å². The van der Waals surface area contributed by atoms with Crippen molar-refractivity contribution in [2.75, 3.05) is 0 Å². The predicted octanol–water partition coefficient (Wildman–Crippen LogP) is 1.79. The van der Waals surface area contributed by atoms with Crippen LogP contribution in [0.3, 0.4) is 0 Å². The molecule has 0 radical (unpaired) electrons. The third-order valence-corrected chi connectivity index (χ3v) is 4.37. The van der Waals surface area contributed by atoms with Crippen molar-refractivity contribution in [3.05, 3.63) is 0 Å². The van der Waals surface area contributed by atoms with Crippen molar-refractivity contribution in [3.63, 3.8) is 0 Å². The molecule has 0 atom stereocenters. The van der Waals surface area contributed by atoms with Gasteiger partial charge in [0.25, 0.3) is 0 Å². The van der Waals surface area contributed by atoms with Gasteiger partial charge in [0.2, 0.25) is 0 Å². The molecule has 2 N–H and O–H groups in total. The monoisotopic (exact) mass is 198 g/mol. The molecule has 3 heteroatoms. The molecule has 0 spiro atoms. The largest absolute Gasteiger partial charge is 0.481 e. The summed E-state index contributed by atoms with van der Waals surface area (Å²) >= 11 is 0. The van der Waals surface area contributed by atoms with Crippen molar-refractivity contribution in [2.45, 2.75) is 51.6 Å². The van der Waals surface area contributed by atoms with Gasteiger partial charge in [-0.15, -0.1) is 0 Å². The smallest absolute Gasteiger partial charge is 0.310 e. The van der Waals surface area contributed by atoms with Crippen molar-refractivity contribution >= 4 is 5.97 Å². The minimum atomic E-state index is -0.649. The molecule has 80 valence electrons. The molecule has 0 unspecified atom stereocenters. The van der Waals surface area contributed by atoms with Crippen LogP contribution in [0, 0.1) is 10.8 Å². The summed E-state index contributed by atoms with van der Waals surface area (Å²) in [5, 5.41) is 18.8. The van der Waals surface area contributed by atoms with Crippen molar-refractivity contribution in [1.82, 2.24) is 0 Å². The van der Waals surface area contributed by atoms with Gasteiger partial charge >= 0.3 is 5.97 Å². The Morgan fingerprint density at radius 3 is 2.07 bits per heavy atom. The quantitative estimate of drug-likeness (QED) is 0.711. The van der Waals surface area contributed by atoms with Gasteiger partial charge in [0.1, 0.15) is 0 Å². The molecule has 2 aliphatic rings. The lowest BCUT2D eigenvalue weighted by molar-refractivity contribution is -0.158. The molecule has 0 saturated heterocycles. The second-order valence-electron chi connectivity index (χ2n) is 5.18. The summed E-state index contributed by atoms with van der Waals surface area (Å²) in [6.07, 6.45) is 4.42. The molecule has 2 aliphatic carbocycles. The van der Waals surface area contributed by atoms with Crippen molar-refractivity contribution in [2.24, 2.45) is 10.8 Å². The van der Waals surface area contributed by atoms with Gasteiger partial charge < -0.3 is 10.2 Å². The first kappa shape index (κ1) is 9.97. The Morgan fingerprint density at radius 2 is 1.71 bits per heavy atom. The molecule has 2 rings (SSSR count). The third kappa shape index (κ3) is 1.26. The van der Waals surface area contributed by atoms with Crippen LogP contribution in [-0.2, 0) is 4.79 Å². The molecular weight excluding hydrogens is 180 g/mol. The van der Waals surface area contributed by atoms with Crippen LogP contribution in [0.1, 0.15) is 45.4 Å². The lowest BCUT2D eigenvalue weighted by Crippen LogP contribution is -2.43. The van der Waals surface area contributed by atoms with Gasteiger partial charge in [0, 0.05) is 0 Å². The van der Waals surface area contributed by atoms with Crippen LogP contribution < -0.4 is 0 Å². The van der Waals surface area contributed by atoms with Crippen molar-refractivity contribution < 1.29 is 15.0 Å².